The summed E-state index contributed by atoms with van der Waals surface area (Å²) in [5, 5.41) is 3.12. The molecule has 1 aliphatic carbocycles. The maximum absolute atomic E-state index is 12.1. The Morgan fingerprint density at radius 1 is 1.41 bits per heavy atom. The molecule has 0 bridgehead atoms. The van der Waals surface area contributed by atoms with Crippen LogP contribution in [0.2, 0.25) is 0 Å². The van der Waals surface area contributed by atoms with Gasteiger partial charge in [0.05, 0.1) is 0 Å². The number of hydrogen-bond donors (Lipinski definition) is 1. The summed E-state index contributed by atoms with van der Waals surface area (Å²) in [5.74, 6) is -0.0816. The lowest BCUT2D eigenvalue weighted by molar-refractivity contribution is 0.0876. The van der Waals surface area contributed by atoms with Gasteiger partial charge in [0.2, 0.25) is 0 Å². The fraction of sp³-hybridized carbons (Fsp3) is 0.538. The van der Waals surface area contributed by atoms with Gasteiger partial charge in [-0.15, -0.1) is 0 Å². The highest BCUT2D eigenvalue weighted by Gasteiger charge is 2.29. The van der Waals surface area contributed by atoms with E-state index in [1.54, 1.807) is 6.20 Å². The van der Waals surface area contributed by atoms with Crippen molar-refractivity contribution in [2.45, 2.75) is 44.6 Å². The van der Waals surface area contributed by atoms with Gasteiger partial charge in [-0.05, 0) is 47.8 Å². The summed E-state index contributed by atoms with van der Waals surface area (Å²) in [4.78, 5) is 16.3. The first-order chi connectivity index (χ1) is 8.11. The Kier molecular flexibility index (Phi) is 3.82. The molecule has 1 amide bonds. The lowest BCUT2D eigenvalue weighted by atomic mass is 9.83. The number of nitrogens with one attached hydrogen (secondary N) is 1. The first kappa shape index (κ1) is 12.6. The molecule has 1 aromatic heterocycles. The van der Waals surface area contributed by atoms with Gasteiger partial charge in [0, 0.05) is 16.2 Å². The molecule has 0 saturated heterocycles. The van der Waals surface area contributed by atoms with Crippen LogP contribution in [0.3, 0.4) is 0 Å². The van der Waals surface area contributed by atoms with Gasteiger partial charge >= 0.3 is 0 Å². The molecule has 2 rings (SSSR count). The summed E-state index contributed by atoms with van der Waals surface area (Å²) in [7, 11) is 0. The van der Waals surface area contributed by atoms with Crippen LogP contribution in [-0.4, -0.2) is 16.4 Å². The van der Waals surface area contributed by atoms with Crippen molar-refractivity contribution in [2.24, 2.45) is 0 Å². The fourth-order valence-electron chi connectivity index (χ4n) is 2.34. The smallest absolute Gasteiger partial charge is 0.271 e. The fourth-order valence-corrected chi connectivity index (χ4v) is 2.78. The molecule has 17 heavy (non-hydrogen) atoms. The van der Waals surface area contributed by atoms with Crippen LogP contribution in [0.1, 0.15) is 49.5 Å². The summed E-state index contributed by atoms with van der Waals surface area (Å²) in [6.45, 7) is 2.13. The van der Waals surface area contributed by atoms with Crippen LogP contribution in [0.4, 0.5) is 0 Å². The lowest BCUT2D eigenvalue weighted by Gasteiger charge is -2.34. The Bertz CT molecular complexity index is 414. The molecule has 1 N–H and O–H groups in total. The monoisotopic (exact) mass is 296 g/mol. The Labute approximate surface area is 110 Å². The first-order valence-corrected chi connectivity index (χ1v) is 6.83. The number of nitrogens with zero attached hydrogens (tertiary/aromatic N) is 1. The number of halogens is 1. The van der Waals surface area contributed by atoms with Crippen molar-refractivity contribution < 1.29 is 4.79 Å². The maximum Gasteiger partial charge on any atom is 0.271 e. The minimum absolute atomic E-state index is 0.0632. The van der Waals surface area contributed by atoms with Crippen LogP contribution >= 0.6 is 15.9 Å². The summed E-state index contributed by atoms with van der Waals surface area (Å²) < 4.78 is 0.747. The molecule has 0 unspecified atom stereocenters. The minimum atomic E-state index is -0.0816. The van der Waals surface area contributed by atoms with Gasteiger partial charge in [-0.2, -0.15) is 0 Å². The summed E-state index contributed by atoms with van der Waals surface area (Å²) >= 11 is 3.36. The molecule has 3 nitrogen and oxygen atoms in total. The van der Waals surface area contributed by atoms with E-state index in [0.717, 1.165) is 17.3 Å². The predicted molar refractivity (Wildman–Crippen MR) is 70.9 cm³/mol. The third kappa shape index (κ3) is 3.06. The zero-order valence-electron chi connectivity index (χ0n) is 10.0. The van der Waals surface area contributed by atoms with Gasteiger partial charge < -0.3 is 5.32 Å². The number of rotatable bonds is 2. The number of amides is 1. The van der Waals surface area contributed by atoms with Crippen LogP contribution in [0.15, 0.2) is 22.8 Å². The lowest BCUT2D eigenvalue weighted by Crippen LogP contribution is -2.47. The average Bonchev–Trinajstić information content (AvgIpc) is 2.29. The summed E-state index contributed by atoms with van der Waals surface area (Å²) in [6.07, 6.45) is 7.42. The number of carbonyl (C=O) groups excluding carboxylic acids is 1. The van der Waals surface area contributed by atoms with Crippen LogP contribution in [-0.2, 0) is 0 Å². The largest absolute Gasteiger partial charge is 0.346 e. The van der Waals surface area contributed by atoms with Gasteiger partial charge in [0.15, 0.2) is 0 Å². The third-order valence-corrected chi connectivity index (χ3v) is 3.99. The molecule has 1 heterocycles. The molecule has 1 fully saturated rings. The summed E-state index contributed by atoms with van der Waals surface area (Å²) in [6, 6.07) is 3.65. The number of aromatic nitrogens is 1. The van der Waals surface area contributed by atoms with Crippen molar-refractivity contribution in [1.29, 1.82) is 0 Å². The first-order valence-electron chi connectivity index (χ1n) is 6.04. The van der Waals surface area contributed by atoms with Crippen LogP contribution in [0.5, 0.6) is 0 Å². The SMILES string of the molecule is CC1(NC(=O)c2ncccc2Br)CCCCC1. The maximum atomic E-state index is 12.1. The molecule has 0 atom stereocenters. The molecule has 1 saturated carbocycles. The molecule has 1 aliphatic rings. The molecule has 0 radical (unpaired) electrons. The van der Waals surface area contributed by atoms with Crippen LogP contribution in [0.25, 0.3) is 0 Å². The van der Waals surface area contributed by atoms with E-state index in [4.69, 9.17) is 0 Å². The van der Waals surface area contributed by atoms with Crippen molar-refractivity contribution in [1.82, 2.24) is 10.3 Å². The molecule has 0 aromatic carbocycles. The van der Waals surface area contributed by atoms with E-state index in [9.17, 15) is 4.79 Å². The minimum Gasteiger partial charge on any atom is -0.346 e. The van der Waals surface area contributed by atoms with Gasteiger partial charge in [0.25, 0.3) is 5.91 Å². The topological polar surface area (TPSA) is 42.0 Å². The van der Waals surface area contributed by atoms with E-state index in [1.165, 1.54) is 19.3 Å². The van der Waals surface area contributed by atoms with E-state index in [0.29, 0.717) is 5.69 Å². The second-order valence-electron chi connectivity index (χ2n) is 4.91. The highest BCUT2D eigenvalue weighted by Crippen LogP contribution is 2.28. The van der Waals surface area contributed by atoms with E-state index in [1.807, 2.05) is 12.1 Å². The van der Waals surface area contributed by atoms with E-state index < -0.39 is 0 Å². The second kappa shape index (κ2) is 5.17. The standard InChI is InChI=1S/C13H17BrN2O/c1-13(7-3-2-4-8-13)16-12(17)11-10(14)6-5-9-15-11/h5-6,9H,2-4,7-8H2,1H3,(H,16,17). The highest BCUT2D eigenvalue weighted by atomic mass is 79.9. The second-order valence-corrected chi connectivity index (χ2v) is 5.76. The highest BCUT2D eigenvalue weighted by molar-refractivity contribution is 9.10. The quantitative estimate of drug-likeness (QED) is 0.910. The predicted octanol–water partition coefficient (Wildman–Crippen LogP) is 3.30. The molecular formula is C13H17BrN2O. The van der Waals surface area contributed by atoms with Crippen LogP contribution < -0.4 is 5.32 Å². The summed E-state index contributed by atoms with van der Waals surface area (Å²) in [5.41, 5.74) is 0.408. The van der Waals surface area contributed by atoms with Crippen molar-refractivity contribution >= 4 is 21.8 Å². The Hall–Kier alpha value is -0.900. The van der Waals surface area contributed by atoms with E-state index >= 15 is 0 Å². The average molecular weight is 297 g/mol. The van der Waals surface area contributed by atoms with E-state index in [-0.39, 0.29) is 11.4 Å². The molecule has 4 heteroatoms. The number of carbonyl (C=O) groups is 1. The van der Waals surface area contributed by atoms with Crippen molar-refractivity contribution in [2.75, 3.05) is 0 Å². The van der Waals surface area contributed by atoms with Gasteiger partial charge in [-0.3, -0.25) is 4.79 Å². The van der Waals surface area contributed by atoms with Gasteiger partial charge in [-0.25, -0.2) is 4.98 Å². The molecule has 0 aliphatic heterocycles. The van der Waals surface area contributed by atoms with Crippen molar-refractivity contribution in [3.05, 3.63) is 28.5 Å². The molecular weight excluding hydrogens is 280 g/mol. The van der Waals surface area contributed by atoms with Crippen molar-refractivity contribution in [3.63, 3.8) is 0 Å². The van der Waals surface area contributed by atoms with E-state index in [2.05, 4.69) is 33.2 Å². The molecule has 92 valence electrons. The van der Waals surface area contributed by atoms with Gasteiger partial charge in [-0.1, -0.05) is 19.3 Å². The number of pyridine rings is 1. The van der Waals surface area contributed by atoms with Crippen molar-refractivity contribution in [3.8, 4) is 0 Å². The zero-order chi connectivity index (χ0) is 12.3. The Morgan fingerprint density at radius 3 is 2.76 bits per heavy atom. The van der Waals surface area contributed by atoms with Crippen LogP contribution in [0, 0.1) is 0 Å². The zero-order valence-corrected chi connectivity index (χ0v) is 11.6. The van der Waals surface area contributed by atoms with Gasteiger partial charge in [0.1, 0.15) is 5.69 Å². The Balaban J connectivity index is 2.09. The molecule has 0 spiro atoms. The normalized spacial score (nSPS) is 18.7. The Morgan fingerprint density at radius 2 is 2.12 bits per heavy atom. The molecule has 1 aromatic rings. The third-order valence-electron chi connectivity index (χ3n) is 3.35. The number of hydrogen-bond acceptors (Lipinski definition) is 2.